The number of nitrogens with zero attached hydrogens (tertiary/aromatic N) is 3. The molecule has 0 bridgehead atoms. The molecular weight excluding hydrogens is 172 g/mol. The number of hydrogen-bond acceptors (Lipinski definition) is 4. The summed E-state index contributed by atoms with van der Waals surface area (Å²) in [5.74, 6) is 0.893. The second kappa shape index (κ2) is 4.95. The molecule has 0 spiro atoms. The van der Waals surface area contributed by atoms with Gasteiger partial charge in [0.2, 0.25) is 0 Å². The van der Waals surface area contributed by atoms with Gasteiger partial charge in [-0.15, -0.1) is 0 Å². The van der Waals surface area contributed by atoms with Crippen LogP contribution in [0.1, 0.15) is 0 Å². The summed E-state index contributed by atoms with van der Waals surface area (Å²) in [4.78, 5) is 4.06. The van der Waals surface area contributed by atoms with E-state index < -0.39 is 0 Å². The van der Waals surface area contributed by atoms with Crippen LogP contribution in [0.3, 0.4) is 0 Å². The summed E-state index contributed by atoms with van der Waals surface area (Å²) in [6.07, 6.45) is 5.51. The summed E-state index contributed by atoms with van der Waals surface area (Å²) in [7, 11) is 1.88. The molecule has 0 aliphatic rings. The van der Waals surface area contributed by atoms with Crippen molar-refractivity contribution in [3.05, 3.63) is 18.5 Å². The van der Waals surface area contributed by atoms with Crippen LogP contribution in [-0.4, -0.2) is 27.1 Å². The van der Waals surface area contributed by atoms with E-state index in [2.05, 4.69) is 10.1 Å². The van der Waals surface area contributed by atoms with Crippen molar-refractivity contribution in [1.82, 2.24) is 14.8 Å². The SMILES string of the molecule is Cn1ncnc1SC/C=C/CN. The first-order valence-electron chi connectivity index (χ1n) is 3.66. The lowest BCUT2D eigenvalue weighted by Gasteiger charge is -1.94. The molecule has 0 radical (unpaired) electrons. The molecule has 4 nitrogen and oxygen atoms in total. The Bertz CT molecular complexity index is 256. The van der Waals surface area contributed by atoms with Crippen LogP contribution in [0.25, 0.3) is 0 Å². The van der Waals surface area contributed by atoms with E-state index in [1.165, 1.54) is 0 Å². The third kappa shape index (κ3) is 2.67. The molecule has 0 fully saturated rings. The van der Waals surface area contributed by atoms with Crippen LogP contribution in [0.5, 0.6) is 0 Å². The van der Waals surface area contributed by atoms with Gasteiger partial charge in [0.25, 0.3) is 0 Å². The fourth-order valence-electron chi connectivity index (χ4n) is 0.703. The molecule has 1 rings (SSSR count). The fraction of sp³-hybridized carbons (Fsp3) is 0.429. The van der Waals surface area contributed by atoms with Crippen molar-refractivity contribution in [2.75, 3.05) is 12.3 Å². The van der Waals surface area contributed by atoms with Crippen LogP contribution in [0.2, 0.25) is 0 Å². The smallest absolute Gasteiger partial charge is 0.186 e. The molecule has 0 saturated heterocycles. The minimum atomic E-state index is 0.597. The number of thioether (sulfide) groups is 1. The van der Waals surface area contributed by atoms with E-state index in [1.807, 2.05) is 19.2 Å². The predicted octanol–water partition coefficient (Wildman–Crippen LogP) is 0.422. The topological polar surface area (TPSA) is 56.7 Å². The standard InChI is InChI=1S/C7H12N4S/c1-11-7(9-6-10-11)12-5-3-2-4-8/h2-3,6H,4-5,8H2,1H3/b3-2+. The quantitative estimate of drug-likeness (QED) is 0.544. The maximum Gasteiger partial charge on any atom is 0.186 e. The number of aryl methyl sites for hydroxylation is 1. The van der Waals surface area contributed by atoms with Crippen molar-refractivity contribution in [3.8, 4) is 0 Å². The molecule has 0 unspecified atom stereocenters. The normalized spacial score (nSPS) is 11.2. The van der Waals surface area contributed by atoms with Gasteiger partial charge in [0.05, 0.1) is 0 Å². The molecule has 0 atom stereocenters. The van der Waals surface area contributed by atoms with Gasteiger partial charge in [-0.25, -0.2) is 9.67 Å². The first kappa shape index (κ1) is 9.28. The zero-order valence-corrected chi connectivity index (χ0v) is 7.79. The van der Waals surface area contributed by atoms with Gasteiger partial charge >= 0.3 is 0 Å². The highest BCUT2D eigenvalue weighted by Crippen LogP contribution is 2.12. The first-order valence-corrected chi connectivity index (χ1v) is 4.65. The Morgan fingerprint density at radius 3 is 3.08 bits per heavy atom. The van der Waals surface area contributed by atoms with Crippen molar-refractivity contribution in [2.45, 2.75) is 5.16 Å². The Morgan fingerprint density at radius 1 is 1.67 bits per heavy atom. The van der Waals surface area contributed by atoms with Gasteiger partial charge in [0, 0.05) is 19.3 Å². The lowest BCUT2D eigenvalue weighted by Crippen LogP contribution is -1.94. The van der Waals surface area contributed by atoms with Gasteiger partial charge in [-0.2, -0.15) is 5.10 Å². The molecule has 1 aromatic rings. The van der Waals surface area contributed by atoms with Crippen LogP contribution < -0.4 is 5.73 Å². The van der Waals surface area contributed by atoms with E-state index >= 15 is 0 Å². The minimum Gasteiger partial charge on any atom is -0.327 e. The summed E-state index contributed by atoms with van der Waals surface area (Å²) in [6.45, 7) is 0.597. The maximum atomic E-state index is 5.29. The summed E-state index contributed by atoms with van der Waals surface area (Å²) < 4.78 is 1.75. The van der Waals surface area contributed by atoms with Crippen molar-refractivity contribution < 1.29 is 0 Å². The molecule has 1 heterocycles. The molecule has 0 amide bonds. The molecule has 1 aromatic heterocycles. The van der Waals surface area contributed by atoms with Gasteiger partial charge in [-0.1, -0.05) is 23.9 Å². The third-order valence-corrected chi connectivity index (χ3v) is 2.27. The zero-order valence-electron chi connectivity index (χ0n) is 6.97. The number of aromatic nitrogens is 3. The highest BCUT2D eigenvalue weighted by atomic mass is 32.2. The Kier molecular flexibility index (Phi) is 3.83. The summed E-state index contributed by atoms with van der Waals surface area (Å²) in [6, 6.07) is 0. The van der Waals surface area contributed by atoms with Crippen LogP contribution >= 0.6 is 11.8 Å². The Balaban J connectivity index is 2.33. The first-order chi connectivity index (χ1) is 5.84. The average molecular weight is 184 g/mol. The molecule has 66 valence electrons. The Morgan fingerprint density at radius 2 is 2.50 bits per heavy atom. The molecular formula is C7H12N4S. The molecule has 2 N–H and O–H groups in total. The number of hydrogen-bond donors (Lipinski definition) is 1. The predicted molar refractivity (Wildman–Crippen MR) is 49.9 cm³/mol. The molecule has 0 aliphatic carbocycles. The monoisotopic (exact) mass is 184 g/mol. The van der Waals surface area contributed by atoms with Gasteiger partial charge in [-0.05, 0) is 0 Å². The number of rotatable bonds is 4. The lowest BCUT2D eigenvalue weighted by atomic mass is 10.5. The van der Waals surface area contributed by atoms with Crippen LogP contribution in [-0.2, 0) is 7.05 Å². The van der Waals surface area contributed by atoms with Crippen molar-refractivity contribution >= 4 is 11.8 Å². The zero-order chi connectivity index (χ0) is 8.81. The van der Waals surface area contributed by atoms with Gasteiger partial charge in [0.15, 0.2) is 5.16 Å². The van der Waals surface area contributed by atoms with Crippen molar-refractivity contribution in [1.29, 1.82) is 0 Å². The highest BCUT2D eigenvalue weighted by molar-refractivity contribution is 7.99. The second-order valence-electron chi connectivity index (χ2n) is 2.18. The molecule has 0 aromatic carbocycles. The fourth-order valence-corrected chi connectivity index (χ4v) is 1.44. The maximum absolute atomic E-state index is 5.29. The Hall–Kier alpha value is -0.810. The molecule has 5 heteroatoms. The van der Waals surface area contributed by atoms with Crippen molar-refractivity contribution in [3.63, 3.8) is 0 Å². The van der Waals surface area contributed by atoms with E-state index in [9.17, 15) is 0 Å². The van der Waals surface area contributed by atoms with E-state index in [-0.39, 0.29) is 0 Å². The highest BCUT2D eigenvalue weighted by Gasteiger charge is 1.97. The van der Waals surface area contributed by atoms with Crippen LogP contribution in [0.15, 0.2) is 23.6 Å². The molecule has 12 heavy (non-hydrogen) atoms. The van der Waals surface area contributed by atoms with Crippen molar-refractivity contribution in [2.24, 2.45) is 12.8 Å². The van der Waals surface area contributed by atoms with E-state index in [4.69, 9.17) is 5.73 Å². The lowest BCUT2D eigenvalue weighted by molar-refractivity contribution is 0.685. The summed E-state index contributed by atoms with van der Waals surface area (Å²) in [5, 5.41) is 4.88. The van der Waals surface area contributed by atoms with Gasteiger partial charge < -0.3 is 5.73 Å². The second-order valence-corrected chi connectivity index (χ2v) is 3.17. The van der Waals surface area contributed by atoms with E-state index in [0.29, 0.717) is 6.54 Å². The van der Waals surface area contributed by atoms with E-state index in [1.54, 1.807) is 22.8 Å². The number of nitrogens with two attached hydrogens (primary N) is 1. The largest absolute Gasteiger partial charge is 0.327 e. The average Bonchev–Trinajstić information content (AvgIpc) is 2.46. The third-order valence-electron chi connectivity index (χ3n) is 1.28. The summed E-state index contributed by atoms with van der Waals surface area (Å²) in [5.41, 5.74) is 5.29. The van der Waals surface area contributed by atoms with Gasteiger partial charge in [0.1, 0.15) is 6.33 Å². The van der Waals surface area contributed by atoms with Crippen LogP contribution in [0, 0.1) is 0 Å². The van der Waals surface area contributed by atoms with E-state index in [0.717, 1.165) is 10.9 Å². The Labute approximate surface area is 75.9 Å². The van der Waals surface area contributed by atoms with Crippen LogP contribution in [0.4, 0.5) is 0 Å². The minimum absolute atomic E-state index is 0.597. The molecule has 0 aliphatic heterocycles. The van der Waals surface area contributed by atoms with Gasteiger partial charge in [-0.3, -0.25) is 0 Å². The molecule has 0 saturated carbocycles. The summed E-state index contributed by atoms with van der Waals surface area (Å²) >= 11 is 1.64.